The van der Waals surface area contributed by atoms with Crippen molar-refractivity contribution in [3.05, 3.63) is 77.1 Å². The number of likely N-dealkylation sites (tertiary alicyclic amines) is 1. The van der Waals surface area contributed by atoms with E-state index in [0.29, 0.717) is 41.7 Å². The van der Waals surface area contributed by atoms with E-state index in [0.717, 1.165) is 60.4 Å². The van der Waals surface area contributed by atoms with Gasteiger partial charge in [-0.3, -0.25) is 4.79 Å². The van der Waals surface area contributed by atoms with E-state index in [4.69, 9.17) is 15.1 Å². The maximum absolute atomic E-state index is 13.0. The number of hydrogen-bond acceptors (Lipinski definition) is 8. The lowest BCUT2D eigenvalue weighted by Gasteiger charge is -2.29. The van der Waals surface area contributed by atoms with Crippen molar-refractivity contribution in [1.82, 2.24) is 25.5 Å². The van der Waals surface area contributed by atoms with Gasteiger partial charge < -0.3 is 31.0 Å². The fourth-order valence-corrected chi connectivity index (χ4v) is 5.27. The lowest BCUT2D eigenvalue weighted by Crippen LogP contribution is -2.43. The summed E-state index contributed by atoms with van der Waals surface area (Å²) >= 11 is 0. The molecule has 3 aromatic rings. The van der Waals surface area contributed by atoms with Crippen molar-refractivity contribution in [2.45, 2.75) is 38.6 Å². The number of aryl methyl sites for hydroxylation is 1. The van der Waals surface area contributed by atoms with Crippen LogP contribution in [0.3, 0.4) is 0 Å². The van der Waals surface area contributed by atoms with Crippen LogP contribution < -0.4 is 20.7 Å². The number of hydrogen-bond donors (Lipinski definition) is 4. The zero-order chi connectivity index (χ0) is 28.1. The van der Waals surface area contributed by atoms with Gasteiger partial charge in [-0.25, -0.2) is 9.97 Å². The molecule has 1 aromatic heterocycles. The first-order valence-electron chi connectivity index (χ1n) is 13.9. The molecule has 1 amide bonds. The molecule has 1 aliphatic carbocycles. The Morgan fingerprint density at radius 3 is 2.60 bits per heavy atom. The Balaban J connectivity index is 1.42. The van der Waals surface area contributed by atoms with Crippen molar-refractivity contribution in [1.29, 1.82) is 5.41 Å². The third-order valence-corrected chi connectivity index (χ3v) is 7.45. The summed E-state index contributed by atoms with van der Waals surface area (Å²) in [6.07, 6.45) is 5.08. The van der Waals surface area contributed by atoms with Crippen LogP contribution in [0, 0.1) is 5.41 Å². The summed E-state index contributed by atoms with van der Waals surface area (Å²) in [7, 11) is 3.98. The highest BCUT2D eigenvalue weighted by molar-refractivity contribution is 6.29. The largest absolute Gasteiger partial charge is 0.492 e. The highest BCUT2D eigenvalue weighted by Gasteiger charge is 2.26. The Bertz CT molecular complexity index is 1410. The standard InChI is InChI=1S/C31H37N7O2/c1-4-40-26-18-21(30(39)35-23-14-16-38(3)17-15-23)11-13-25(26)36-31-34-19-22-10-12-24(32)27(29(22)37-31)28(33-2)20-8-6-5-7-9-20/h5-9,11,13,18-19,23,32-33H,4,10,12,14-17H2,1-3H3,(H,35,39)(H,34,36,37)/b28-27+,32-24?. The van der Waals surface area contributed by atoms with E-state index in [2.05, 4.69) is 32.9 Å². The molecule has 4 N–H and O–H groups in total. The van der Waals surface area contributed by atoms with Crippen LogP contribution in [0.25, 0.3) is 11.3 Å². The molecule has 0 saturated carbocycles. The molecule has 208 valence electrons. The SMILES string of the molecule is CCOc1cc(C(=O)NC2CCN(C)CC2)ccc1Nc1ncc2c(n1)/C(=C(/NC)c1ccccc1)C(=N)CC2. The van der Waals surface area contributed by atoms with Gasteiger partial charge in [0, 0.05) is 36.1 Å². The van der Waals surface area contributed by atoms with Gasteiger partial charge in [-0.1, -0.05) is 30.3 Å². The average Bonchev–Trinajstić information content (AvgIpc) is 2.97. The Kier molecular flexibility index (Phi) is 8.40. The van der Waals surface area contributed by atoms with Gasteiger partial charge in [0.2, 0.25) is 5.95 Å². The molecular formula is C31H37N7O2. The molecule has 40 heavy (non-hydrogen) atoms. The minimum absolute atomic E-state index is 0.0964. The summed E-state index contributed by atoms with van der Waals surface area (Å²) < 4.78 is 5.91. The smallest absolute Gasteiger partial charge is 0.251 e. The number of aromatic nitrogens is 2. The average molecular weight is 540 g/mol. The number of benzene rings is 2. The number of nitrogens with one attached hydrogen (secondary N) is 4. The molecular weight excluding hydrogens is 502 g/mol. The highest BCUT2D eigenvalue weighted by Crippen LogP contribution is 2.34. The second kappa shape index (κ2) is 12.3. The molecule has 2 aromatic carbocycles. The number of amides is 1. The third kappa shape index (κ3) is 5.99. The quantitative estimate of drug-likeness (QED) is 0.333. The van der Waals surface area contributed by atoms with Gasteiger partial charge in [-0.05, 0) is 82.1 Å². The van der Waals surface area contributed by atoms with Crippen molar-refractivity contribution < 1.29 is 9.53 Å². The van der Waals surface area contributed by atoms with E-state index in [9.17, 15) is 4.79 Å². The van der Waals surface area contributed by atoms with Crippen LogP contribution in [0.15, 0.2) is 54.7 Å². The molecule has 2 heterocycles. The van der Waals surface area contributed by atoms with Crippen LogP contribution in [0.5, 0.6) is 5.75 Å². The number of anilines is 2. The Morgan fingerprint density at radius 1 is 1.10 bits per heavy atom. The van der Waals surface area contributed by atoms with Crippen LogP contribution in [-0.2, 0) is 6.42 Å². The fourth-order valence-electron chi connectivity index (χ4n) is 5.27. The highest BCUT2D eigenvalue weighted by atomic mass is 16.5. The molecule has 1 fully saturated rings. The number of allylic oxidation sites excluding steroid dienone is 1. The molecule has 1 saturated heterocycles. The monoisotopic (exact) mass is 539 g/mol. The van der Waals surface area contributed by atoms with Crippen LogP contribution >= 0.6 is 0 Å². The van der Waals surface area contributed by atoms with Gasteiger partial charge in [0.25, 0.3) is 5.91 Å². The maximum Gasteiger partial charge on any atom is 0.251 e. The second-order valence-corrected chi connectivity index (χ2v) is 10.2. The third-order valence-electron chi connectivity index (χ3n) is 7.45. The lowest BCUT2D eigenvalue weighted by atomic mass is 9.87. The number of carbonyl (C=O) groups excluding carboxylic acids is 1. The van der Waals surface area contributed by atoms with Crippen LogP contribution in [-0.4, -0.2) is 66.3 Å². The molecule has 9 heteroatoms. The number of rotatable bonds is 8. The van der Waals surface area contributed by atoms with Crippen molar-refractivity contribution in [3.8, 4) is 5.75 Å². The van der Waals surface area contributed by atoms with Gasteiger partial charge >= 0.3 is 0 Å². The first kappa shape index (κ1) is 27.3. The number of ether oxygens (including phenoxy) is 1. The summed E-state index contributed by atoms with van der Waals surface area (Å²) in [5.74, 6) is 0.864. The lowest BCUT2D eigenvalue weighted by molar-refractivity contribution is 0.0916. The van der Waals surface area contributed by atoms with Gasteiger partial charge in [0.1, 0.15) is 5.75 Å². The topological polar surface area (TPSA) is 115 Å². The molecule has 0 unspecified atom stereocenters. The maximum atomic E-state index is 13.0. The van der Waals surface area contributed by atoms with E-state index in [1.165, 1.54) is 0 Å². The zero-order valence-electron chi connectivity index (χ0n) is 23.4. The van der Waals surface area contributed by atoms with E-state index in [-0.39, 0.29) is 11.9 Å². The zero-order valence-corrected chi connectivity index (χ0v) is 23.4. The summed E-state index contributed by atoms with van der Waals surface area (Å²) in [4.78, 5) is 24.7. The molecule has 2 aliphatic rings. The summed E-state index contributed by atoms with van der Waals surface area (Å²) in [6.45, 7) is 4.33. The minimum Gasteiger partial charge on any atom is -0.492 e. The van der Waals surface area contributed by atoms with Gasteiger partial charge in [0.15, 0.2) is 0 Å². The predicted molar refractivity (Wildman–Crippen MR) is 159 cm³/mol. The van der Waals surface area contributed by atoms with Crippen LogP contribution in [0.2, 0.25) is 0 Å². The first-order chi connectivity index (χ1) is 19.5. The van der Waals surface area contributed by atoms with Gasteiger partial charge in [-0.2, -0.15) is 0 Å². The van der Waals surface area contributed by atoms with Crippen LogP contribution in [0.4, 0.5) is 11.6 Å². The van der Waals surface area contributed by atoms with Crippen molar-refractivity contribution in [3.63, 3.8) is 0 Å². The molecule has 9 nitrogen and oxygen atoms in total. The summed E-state index contributed by atoms with van der Waals surface area (Å²) in [5.41, 5.74) is 6.17. The van der Waals surface area contributed by atoms with Gasteiger partial charge in [-0.15, -0.1) is 0 Å². The van der Waals surface area contributed by atoms with E-state index in [1.807, 2.05) is 56.6 Å². The molecule has 0 bridgehead atoms. The van der Waals surface area contributed by atoms with E-state index < -0.39 is 0 Å². The minimum atomic E-state index is -0.0964. The number of piperidine rings is 1. The summed E-state index contributed by atoms with van der Waals surface area (Å²) in [5, 5.41) is 18.5. The second-order valence-electron chi connectivity index (χ2n) is 10.2. The molecule has 0 atom stereocenters. The number of nitrogens with zero attached hydrogens (tertiary/aromatic N) is 3. The summed E-state index contributed by atoms with van der Waals surface area (Å²) in [6, 6.07) is 15.6. The van der Waals surface area contributed by atoms with Crippen molar-refractivity contribution in [2.75, 3.05) is 39.1 Å². The Hall–Kier alpha value is -4.24. The molecule has 5 rings (SSSR count). The van der Waals surface area contributed by atoms with Crippen molar-refractivity contribution >= 4 is 34.5 Å². The van der Waals surface area contributed by atoms with Crippen molar-refractivity contribution in [2.24, 2.45) is 0 Å². The fraction of sp³-hybridized carbons (Fsp3) is 0.355. The van der Waals surface area contributed by atoms with E-state index >= 15 is 0 Å². The predicted octanol–water partition coefficient (Wildman–Crippen LogP) is 4.50. The molecule has 0 radical (unpaired) electrons. The number of carbonyl (C=O) groups is 1. The van der Waals surface area contributed by atoms with E-state index in [1.54, 1.807) is 12.1 Å². The normalized spacial score (nSPS) is 17.1. The Morgan fingerprint density at radius 2 is 1.88 bits per heavy atom. The number of fused-ring (bicyclic) bond motifs is 1. The first-order valence-corrected chi connectivity index (χ1v) is 13.9. The molecule has 1 aliphatic heterocycles. The van der Waals surface area contributed by atoms with Gasteiger partial charge in [0.05, 0.1) is 23.7 Å². The molecule has 0 spiro atoms. The Labute approximate surface area is 235 Å². The van der Waals surface area contributed by atoms with Crippen LogP contribution in [0.1, 0.15) is 53.4 Å².